The molecule has 2 aromatic heterocycles. The Kier molecular flexibility index (Phi) is 6.38. The molecule has 1 aliphatic heterocycles. The highest BCUT2D eigenvalue weighted by molar-refractivity contribution is 7.89. The first-order valence-corrected chi connectivity index (χ1v) is 12.0. The molecule has 1 fully saturated rings. The van der Waals surface area contributed by atoms with Gasteiger partial charge in [-0.2, -0.15) is 4.31 Å². The molecule has 0 aliphatic carbocycles. The maximum absolute atomic E-state index is 13.5. The van der Waals surface area contributed by atoms with Crippen LogP contribution in [0, 0.1) is 5.82 Å². The second kappa shape index (κ2) is 9.20. The summed E-state index contributed by atoms with van der Waals surface area (Å²) in [5.41, 5.74) is 2.43. The van der Waals surface area contributed by atoms with Gasteiger partial charge in [0.05, 0.1) is 16.6 Å². The minimum absolute atomic E-state index is 0.0918. The molecule has 0 amide bonds. The van der Waals surface area contributed by atoms with E-state index < -0.39 is 21.9 Å². The van der Waals surface area contributed by atoms with Gasteiger partial charge in [0.25, 0.3) is 0 Å². The molecule has 0 bridgehead atoms. The predicted octanol–water partition coefficient (Wildman–Crippen LogP) is 4.55. The Bertz CT molecular complexity index is 1140. The lowest BCUT2D eigenvalue weighted by atomic mass is 9.96. The molecule has 8 heteroatoms. The fourth-order valence-corrected chi connectivity index (χ4v) is 5.65. The summed E-state index contributed by atoms with van der Waals surface area (Å²) in [6.07, 6.45) is 9.16. The van der Waals surface area contributed by atoms with Gasteiger partial charge in [0.1, 0.15) is 11.6 Å². The van der Waals surface area contributed by atoms with Crippen LogP contribution in [0.4, 0.5) is 4.39 Å². The molecule has 1 atom stereocenters. The average molecular weight is 441 g/mol. The summed E-state index contributed by atoms with van der Waals surface area (Å²) >= 11 is 0. The molecule has 6 nitrogen and oxygen atoms in total. The smallest absolute Gasteiger partial charge is 0.243 e. The monoisotopic (exact) mass is 440 g/mol. The molecule has 0 unspecified atom stereocenters. The van der Waals surface area contributed by atoms with Crippen LogP contribution in [0.3, 0.4) is 0 Å². The SMILES string of the molecule is CCCc1ncc(-c2ccncc2)c([C@@H]2CCCCN2S(=O)(=O)c2ccc(F)cc2)n1. The summed E-state index contributed by atoms with van der Waals surface area (Å²) < 4.78 is 41.9. The maximum atomic E-state index is 13.5. The molecule has 162 valence electrons. The van der Waals surface area contributed by atoms with Crippen molar-refractivity contribution >= 4 is 10.0 Å². The van der Waals surface area contributed by atoms with Crippen LogP contribution < -0.4 is 0 Å². The van der Waals surface area contributed by atoms with Crippen molar-refractivity contribution in [3.8, 4) is 11.1 Å². The molecule has 1 aliphatic rings. The van der Waals surface area contributed by atoms with E-state index >= 15 is 0 Å². The quantitative estimate of drug-likeness (QED) is 0.562. The molecule has 31 heavy (non-hydrogen) atoms. The Balaban J connectivity index is 1.82. The van der Waals surface area contributed by atoms with Gasteiger partial charge in [-0.25, -0.2) is 22.8 Å². The van der Waals surface area contributed by atoms with E-state index in [1.807, 2.05) is 12.1 Å². The number of aromatic nitrogens is 3. The maximum Gasteiger partial charge on any atom is 0.243 e. The van der Waals surface area contributed by atoms with Crippen LogP contribution in [0.1, 0.15) is 50.2 Å². The number of sulfonamides is 1. The number of pyridine rings is 1. The Morgan fingerprint density at radius 3 is 2.55 bits per heavy atom. The fourth-order valence-electron chi connectivity index (χ4n) is 3.99. The topological polar surface area (TPSA) is 76.1 Å². The number of halogens is 1. The highest BCUT2D eigenvalue weighted by atomic mass is 32.2. The van der Waals surface area contributed by atoms with Gasteiger partial charge in [0.2, 0.25) is 10.0 Å². The van der Waals surface area contributed by atoms with Gasteiger partial charge in [-0.05, 0) is 61.2 Å². The van der Waals surface area contributed by atoms with Crippen molar-refractivity contribution in [2.24, 2.45) is 0 Å². The van der Waals surface area contributed by atoms with E-state index in [-0.39, 0.29) is 4.90 Å². The molecule has 0 radical (unpaired) electrons. The third-order valence-corrected chi connectivity index (χ3v) is 7.45. The second-order valence-electron chi connectivity index (χ2n) is 7.65. The van der Waals surface area contributed by atoms with Crippen molar-refractivity contribution < 1.29 is 12.8 Å². The Morgan fingerprint density at radius 1 is 1.10 bits per heavy atom. The van der Waals surface area contributed by atoms with Crippen molar-refractivity contribution in [1.82, 2.24) is 19.3 Å². The zero-order valence-electron chi connectivity index (χ0n) is 17.4. The van der Waals surface area contributed by atoms with Crippen molar-refractivity contribution in [1.29, 1.82) is 0 Å². The number of benzene rings is 1. The molecule has 1 aromatic carbocycles. The van der Waals surface area contributed by atoms with Crippen LogP contribution in [0.2, 0.25) is 0 Å². The van der Waals surface area contributed by atoms with Crippen molar-refractivity contribution in [2.75, 3.05) is 6.54 Å². The van der Waals surface area contributed by atoms with E-state index in [0.29, 0.717) is 18.8 Å². The van der Waals surface area contributed by atoms with Gasteiger partial charge in [0, 0.05) is 37.1 Å². The zero-order valence-corrected chi connectivity index (χ0v) is 18.2. The van der Waals surface area contributed by atoms with Crippen LogP contribution >= 0.6 is 0 Å². The first-order valence-electron chi connectivity index (χ1n) is 10.5. The normalized spacial score (nSPS) is 17.5. The van der Waals surface area contributed by atoms with E-state index in [9.17, 15) is 12.8 Å². The fraction of sp³-hybridized carbons (Fsp3) is 0.348. The van der Waals surface area contributed by atoms with Gasteiger partial charge >= 0.3 is 0 Å². The number of aryl methyl sites for hydroxylation is 1. The minimum atomic E-state index is -3.81. The Labute approximate surface area is 182 Å². The highest BCUT2D eigenvalue weighted by Gasteiger charge is 2.36. The summed E-state index contributed by atoms with van der Waals surface area (Å²) in [5, 5.41) is 0. The highest BCUT2D eigenvalue weighted by Crippen LogP contribution is 2.38. The van der Waals surface area contributed by atoms with Gasteiger partial charge in [-0.1, -0.05) is 13.3 Å². The summed E-state index contributed by atoms with van der Waals surface area (Å²) in [4.78, 5) is 13.5. The lowest BCUT2D eigenvalue weighted by Crippen LogP contribution is -2.39. The number of piperidine rings is 1. The molecule has 0 saturated carbocycles. The van der Waals surface area contributed by atoms with Gasteiger partial charge in [-0.15, -0.1) is 0 Å². The van der Waals surface area contributed by atoms with E-state index in [4.69, 9.17) is 4.98 Å². The summed E-state index contributed by atoms with van der Waals surface area (Å²) in [5.74, 6) is 0.245. The molecule has 4 rings (SSSR count). The molecule has 1 saturated heterocycles. The van der Waals surface area contributed by atoms with Crippen LogP contribution in [0.5, 0.6) is 0 Å². The predicted molar refractivity (Wildman–Crippen MR) is 116 cm³/mol. The van der Waals surface area contributed by atoms with Gasteiger partial charge in [-0.3, -0.25) is 4.98 Å². The Hall–Kier alpha value is -2.71. The molecule has 0 spiro atoms. The first-order chi connectivity index (χ1) is 15.0. The van der Waals surface area contributed by atoms with E-state index in [2.05, 4.69) is 16.9 Å². The lowest BCUT2D eigenvalue weighted by Gasteiger charge is -2.35. The Morgan fingerprint density at radius 2 is 1.84 bits per heavy atom. The molecular weight excluding hydrogens is 415 g/mol. The number of rotatable bonds is 6. The summed E-state index contributed by atoms with van der Waals surface area (Å²) in [7, 11) is -3.81. The number of nitrogens with zero attached hydrogens (tertiary/aromatic N) is 4. The molecule has 3 heterocycles. The van der Waals surface area contributed by atoms with Crippen LogP contribution in [0.25, 0.3) is 11.1 Å². The summed E-state index contributed by atoms with van der Waals surface area (Å²) in [6, 6.07) is 8.35. The third-order valence-electron chi connectivity index (χ3n) is 5.52. The number of hydrogen-bond donors (Lipinski definition) is 0. The minimum Gasteiger partial charge on any atom is -0.265 e. The van der Waals surface area contributed by atoms with Crippen LogP contribution in [0.15, 0.2) is 59.9 Å². The standard InChI is InChI=1S/C23H25FN4O2S/c1-2-5-22-26-16-20(17-11-13-25-14-12-17)23(27-22)21-6-3-4-15-28(21)31(29,30)19-9-7-18(24)8-10-19/h7-14,16,21H,2-6,15H2,1H3/t21-/m0/s1. The molecule has 0 N–H and O–H groups in total. The van der Waals surface area contributed by atoms with E-state index in [0.717, 1.165) is 42.5 Å². The van der Waals surface area contributed by atoms with Gasteiger partial charge in [0.15, 0.2) is 0 Å². The zero-order chi connectivity index (χ0) is 21.8. The van der Waals surface area contributed by atoms with Crippen molar-refractivity contribution in [2.45, 2.75) is 50.0 Å². The second-order valence-corrected chi connectivity index (χ2v) is 9.54. The molecule has 3 aromatic rings. The van der Waals surface area contributed by atoms with E-state index in [1.54, 1.807) is 18.6 Å². The third kappa shape index (κ3) is 4.50. The molecular formula is C23H25FN4O2S. The van der Waals surface area contributed by atoms with Gasteiger partial charge < -0.3 is 0 Å². The van der Waals surface area contributed by atoms with Crippen molar-refractivity contribution in [3.63, 3.8) is 0 Å². The summed E-state index contributed by atoms with van der Waals surface area (Å²) in [6.45, 7) is 2.46. The van der Waals surface area contributed by atoms with Crippen molar-refractivity contribution in [3.05, 3.63) is 72.3 Å². The lowest BCUT2D eigenvalue weighted by molar-refractivity contribution is 0.251. The first kappa shape index (κ1) is 21.5. The van der Waals surface area contributed by atoms with Crippen LogP contribution in [-0.4, -0.2) is 34.2 Å². The van der Waals surface area contributed by atoms with Crippen LogP contribution in [-0.2, 0) is 16.4 Å². The largest absolute Gasteiger partial charge is 0.265 e. The number of hydrogen-bond acceptors (Lipinski definition) is 5. The van der Waals surface area contributed by atoms with E-state index in [1.165, 1.54) is 28.6 Å². The average Bonchev–Trinajstić information content (AvgIpc) is 2.80.